The minimum atomic E-state index is -0.729. The number of fused-ring (bicyclic) bond motifs is 6. The van der Waals surface area contributed by atoms with Crippen molar-refractivity contribution >= 4 is 66.7 Å². The number of phenolic OH excluding ortho intramolecular Hbond substituents is 2. The molecule has 0 spiro atoms. The van der Waals surface area contributed by atoms with Gasteiger partial charge in [-0.15, -0.1) is 6.42 Å². The number of nitrogens with zero attached hydrogens (tertiary/aromatic N) is 10. The zero-order valence-electron chi connectivity index (χ0n) is 45.1. The van der Waals surface area contributed by atoms with Crippen LogP contribution in [0.1, 0.15) is 69.8 Å². The fraction of sp³-hybridized carbons (Fsp3) is 0.419. The zero-order chi connectivity index (χ0) is 55.2. The Hall–Kier alpha value is -7.24. The Morgan fingerprint density at radius 3 is 1.79 bits per heavy atom. The number of aromatic nitrogens is 6. The second kappa shape index (κ2) is 22.3. The number of pyridine rings is 2. The van der Waals surface area contributed by atoms with Crippen LogP contribution in [-0.2, 0) is 4.74 Å². The monoisotopic (exact) mass is 1120 g/mol. The van der Waals surface area contributed by atoms with Gasteiger partial charge in [-0.25, -0.2) is 13.2 Å². The fourth-order valence-electron chi connectivity index (χ4n) is 13.5. The predicted octanol–water partition coefficient (Wildman–Crippen LogP) is 10.7. The number of anilines is 2. The Balaban J connectivity index is 0.000000153. The first-order valence-corrected chi connectivity index (χ1v) is 29.5. The van der Waals surface area contributed by atoms with Crippen LogP contribution in [-0.4, -0.2) is 151 Å². The summed E-state index contributed by atoms with van der Waals surface area (Å²) >= 11 is 1.93. The summed E-state index contributed by atoms with van der Waals surface area (Å²) in [5.74, 6) is 3.75. The van der Waals surface area contributed by atoms with Gasteiger partial charge in [-0.05, 0) is 143 Å². The summed E-state index contributed by atoms with van der Waals surface area (Å²) in [5, 5.41) is 24.3. The molecule has 0 amide bonds. The number of halogens is 3. The lowest BCUT2D eigenvalue weighted by atomic mass is 9.95. The van der Waals surface area contributed by atoms with E-state index in [1.54, 1.807) is 18.3 Å². The van der Waals surface area contributed by atoms with E-state index in [1.165, 1.54) is 43.3 Å². The standard InChI is InChI=1S/C32H31F2N5O3.C30H32FN5O2S/c1-2-22-25(33)7-6-20-16-21(40)17-23(26(20)22)28-27(34)29-24(18-35-28)30(38-10-5-14-41-15-13-38)37-31(36-29)42-19-32-8-3-11-39(32)12-4-9-32;31-25-26(23-17-21(37)16-20-6-1-2-7-22(20)23)32-18-24-27(25)33-29(34-28(24)35-10-5-14-39-15-13-35)38-19-30-8-3-11-36(30)12-4-9-30/h1,6-7,16-18,40H,3-5,8-15,19H2;1-2,6-7,16-18,37H,3-5,8-15,19H2. The summed E-state index contributed by atoms with van der Waals surface area (Å²) in [5.41, 5.74) is 0.985. The third-order valence-electron chi connectivity index (χ3n) is 17.4. The van der Waals surface area contributed by atoms with E-state index in [0.717, 1.165) is 113 Å². The van der Waals surface area contributed by atoms with Crippen LogP contribution in [0.5, 0.6) is 23.5 Å². The lowest BCUT2D eigenvalue weighted by Crippen LogP contribution is -2.43. The van der Waals surface area contributed by atoms with Gasteiger partial charge in [0.05, 0.1) is 34.0 Å². The molecule has 10 heterocycles. The molecule has 2 N–H and O–H groups in total. The van der Waals surface area contributed by atoms with Gasteiger partial charge < -0.3 is 34.2 Å². The van der Waals surface area contributed by atoms with Crippen LogP contribution in [0.4, 0.5) is 24.8 Å². The number of hydrogen-bond donors (Lipinski definition) is 2. The molecule has 0 radical (unpaired) electrons. The maximum atomic E-state index is 16.6. The van der Waals surface area contributed by atoms with Crippen LogP contribution < -0.4 is 19.3 Å². The number of ether oxygens (including phenoxy) is 3. The number of thioether (sulfide) groups is 1. The minimum absolute atomic E-state index is 0.0299. The number of benzene rings is 4. The van der Waals surface area contributed by atoms with Crippen molar-refractivity contribution in [2.45, 2.75) is 75.3 Å². The van der Waals surface area contributed by atoms with E-state index in [-0.39, 0.29) is 73.5 Å². The summed E-state index contributed by atoms with van der Waals surface area (Å²) in [6.07, 6.45) is 19.7. The first-order valence-electron chi connectivity index (χ1n) is 28.4. The molecule has 0 saturated carbocycles. The Labute approximate surface area is 471 Å². The topological polar surface area (TPSA) is 158 Å². The lowest BCUT2D eigenvalue weighted by Gasteiger charge is -2.31. The fourth-order valence-corrected chi connectivity index (χ4v) is 14.4. The third-order valence-corrected chi connectivity index (χ3v) is 18.5. The molecule has 8 aromatic rings. The van der Waals surface area contributed by atoms with E-state index in [2.05, 4.69) is 45.5 Å². The first kappa shape index (κ1) is 53.1. The average molecular weight is 1120 g/mol. The van der Waals surface area contributed by atoms with E-state index < -0.39 is 17.5 Å². The van der Waals surface area contributed by atoms with Gasteiger partial charge >= 0.3 is 12.0 Å². The molecule has 6 fully saturated rings. The van der Waals surface area contributed by atoms with Gasteiger partial charge in [-0.3, -0.25) is 19.8 Å². The summed E-state index contributed by atoms with van der Waals surface area (Å²) in [7, 11) is 0. The first-order chi connectivity index (χ1) is 39.6. The maximum absolute atomic E-state index is 16.6. The largest absolute Gasteiger partial charge is 0.508 e. The van der Waals surface area contributed by atoms with Crippen molar-refractivity contribution in [3.8, 4) is 58.4 Å². The van der Waals surface area contributed by atoms with E-state index in [1.807, 2.05) is 36.0 Å². The van der Waals surface area contributed by atoms with Gasteiger partial charge in [0.2, 0.25) is 0 Å². The van der Waals surface area contributed by atoms with E-state index in [4.69, 9.17) is 30.6 Å². The molecule has 6 aliphatic heterocycles. The van der Waals surface area contributed by atoms with Crippen molar-refractivity contribution in [1.29, 1.82) is 0 Å². The third kappa shape index (κ3) is 10.0. The molecule has 0 unspecified atom stereocenters. The number of rotatable bonds is 10. The quantitative estimate of drug-likeness (QED) is 0.125. The molecular formula is C62H63F3N10O5S. The van der Waals surface area contributed by atoms with Crippen LogP contribution in [0, 0.1) is 29.8 Å². The summed E-state index contributed by atoms with van der Waals surface area (Å²) in [6, 6.07) is 16.7. The van der Waals surface area contributed by atoms with Gasteiger partial charge in [0.1, 0.15) is 64.6 Å². The highest BCUT2D eigenvalue weighted by atomic mass is 32.2. The Morgan fingerprint density at radius 1 is 0.593 bits per heavy atom. The molecule has 418 valence electrons. The van der Waals surface area contributed by atoms with Gasteiger partial charge in [-0.1, -0.05) is 36.3 Å². The smallest absolute Gasteiger partial charge is 0.319 e. The highest BCUT2D eigenvalue weighted by molar-refractivity contribution is 7.99. The number of phenols is 2. The zero-order valence-corrected chi connectivity index (χ0v) is 45.9. The molecular weight excluding hydrogens is 1050 g/mol. The number of hydrogen-bond acceptors (Lipinski definition) is 16. The molecule has 0 bridgehead atoms. The Bertz CT molecular complexity index is 3740. The van der Waals surface area contributed by atoms with Crippen LogP contribution in [0.15, 0.2) is 73.1 Å². The minimum Gasteiger partial charge on any atom is -0.508 e. The van der Waals surface area contributed by atoms with Gasteiger partial charge in [0, 0.05) is 67.4 Å². The predicted molar refractivity (Wildman–Crippen MR) is 310 cm³/mol. The molecule has 19 heteroatoms. The highest BCUT2D eigenvalue weighted by Gasteiger charge is 2.46. The van der Waals surface area contributed by atoms with Crippen molar-refractivity contribution in [3.63, 3.8) is 0 Å². The molecule has 81 heavy (non-hydrogen) atoms. The van der Waals surface area contributed by atoms with Crippen molar-refractivity contribution in [2.75, 3.05) is 100 Å². The molecule has 14 rings (SSSR count). The summed E-state index contributed by atoms with van der Waals surface area (Å²) in [4.78, 5) is 37.2. The normalized spacial score (nSPS) is 19.1. The van der Waals surface area contributed by atoms with Crippen LogP contribution >= 0.6 is 11.8 Å². The molecule has 6 aliphatic rings. The Kier molecular flexibility index (Phi) is 14.6. The van der Waals surface area contributed by atoms with Crippen molar-refractivity contribution in [2.24, 2.45) is 0 Å². The average Bonchev–Trinajstić information content (AvgIpc) is 4.26. The molecule has 4 aromatic heterocycles. The summed E-state index contributed by atoms with van der Waals surface area (Å²) < 4.78 is 66.1. The molecule has 0 atom stereocenters. The Morgan fingerprint density at radius 2 is 1.16 bits per heavy atom. The van der Waals surface area contributed by atoms with Crippen molar-refractivity contribution in [1.82, 2.24) is 39.7 Å². The maximum Gasteiger partial charge on any atom is 0.319 e. The SMILES string of the molecule is C#Cc1c(F)ccc2cc(O)cc(-c3ncc4c(N5CCCOCC5)nc(OCC56CCCN5CCC6)nc4c3F)c12.Oc1cc(-c2ncc3c(N4CCCSCC4)nc(OCC45CCCN4CCC5)nc3c2F)c2ccccc2c1. The van der Waals surface area contributed by atoms with Gasteiger partial charge in [0.25, 0.3) is 0 Å². The molecule has 6 saturated heterocycles. The summed E-state index contributed by atoms with van der Waals surface area (Å²) in [6.45, 7) is 9.37. The van der Waals surface area contributed by atoms with E-state index in [0.29, 0.717) is 72.9 Å². The highest BCUT2D eigenvalue weighted by Crippen LogP contribution is 2.43. The van der Waals surface area contributed by atoms with Crippen molar-refractivity contribution in [3.05, 3.63) is 96.1 Å². The number of aromatic hydroxyl groups is 2. The molecule has 15 nitrogen and oxygen atoms in total. The van der Waals surface area contributed by atoms with Crippen molar-refractivity contribution < 1.29 is 37.6 Å². The van der Waals surface area contributed by atoms with E-state index >= 15 is 8.78 Å². The lowest BCUT2D eigenvalue weighted by molar-refractivity contribution is 0.108. The van der Waals surface area contributed by atoms with Crippen LogP contribution in [0.2, 0.25) is 0 Å². The molecule has 0 aliphatic carbocycles. The van der Waals surface area contributed by atoms with E-state index in [9.17, 15) is 14.6 Å². The molecule has 4 aromatic carbocycles. The van der Waals surface area contributed by atoms with Crippen LogP contribution in [0.3, 0.4) is 0 Å². The second-order valence-electron chi connectivity index (χ2n) is 22.2. The van der Waals surface area contributed by atoms with Crippen LogP contribution in [0.25, 0.3) is 65.9 Å². The second-order valence-corrected chi connectivity index (χ2v) is 23.4. The van der Waals surface area contributed by atoms with Gasteiger partial charge in [-0.2, -0.15) is 31.7 Å². The van der Waals surface area contributed by atoms with Gasteiger partial charge in [0.15, 0.2) is 11.6 Å². The number of terminal acetylenes is 1.